The zero-order chi connectivity index (χ0) is 23.3. The van der Waals surface area contributed by atoms with Crippen molar-refractivity contribution in [1.29, 1.82) is 0 Å². The minimum atomic E-state index is -0.312. The monoisotopic (exact) mass is 452 g/mol. The number of hydrogen-bond acceptors (Lipinski definition) is 5. The van der Waals surface area contributed by atoms with E-state index in [1.54, 1.807) is 0 Å². The van der Waals surface area contributed by atoms with Crippen LogP contribution in [0, 0.1) is 20.8 Å². The molecule has 172 valence electrons. The van der Waals surface area contributed by atoms with Gasteiger partial charge in [0.2, 0.25) is 0 Å². The van der Waals surface area contributed by atoms with Gasteiger partial charge in [-0.1, -0.05) is 35.5 Å². The number of hydrogen-bond donors (Lipinski definition) is 0. The van der Waals surface area contributed by atoms with Crippen molar-refractivity contribution in [3.05, 3.63) is 101 Å². The van der Waals surface area contributed by atoms with Crippen molar-refractivity contribution in [2.75, 3.05) is 13.2 Å². The van der Waals surface area contributed by atoms with Crippen LogP contribution in [0.25, 0.3) is 5.69 Å². The van der Waals surface area contributed by atoms with Crippen molar-refractivity contribution in [2.24, 2.45) is 5.16 Å². The molecule has 3 aliphatic heterocycles. The van der Waals surface area contributed by atoms with E-state index in [0.29, 0.717) is 13.2 Å². The summed E-state index contributed by atoms with van der Waals surface area (Å²) in [7, 11) is 0. The first-order valence-corrected chi connectivity index (χ1v) is 11.7. The second-order valence-corrected chi connectivity index (χ2v) is 9.44. The maximum absolute atomic E-state index is 6.03. The molecular weight excluding hydrogens is 424 g/mol. The Morgan fingerprint density at radius 1 is 1.09 bits per heavy atom. The summed E-state index contributed by atoms with van der Waals surface area (Å²) in [6, 6.07) is 13.1. The van der Waals surface area contributed by atoms with Gasteiger partial charge in [-0.05, 0) is 55.7 Å². The predicted octanol–water partition coefficient (Wildman–Crippen LogP) is 5.12. The third kappa shape index (κ3) is 3.33. The normalized spacial score (nSPS) is 20.7. The van der Waals surface area contributed by atoms with E-state index < -0.39 is 0 Å². The van der Waals surface area contributed by atoms with Crippen LogP contribution in [0.4, 0.5) is 0 Å². The number of aryl methyl sites for hydroxylation is 3. The number of fused-ring (bicyclic) bond motifs is 4. The molecule has 0 saturated carbocycles. The largest absolute Gasteiger partial charge is 0.493 e. The number of rotatable bonds is 3. The fourth-order valence-corrected chi connectivity index (χ4v) is 5.29. The average molecular weight is 453 g/mol. The van der Waals surface area contributed by atoms with Gasteiger partial charge in [-0.25, -0.2) is 4.98 Å². The number of benzene rings is 2. The highest BCUT2D eigenvalue weighted by Crippen LogP contribution is 2.45. The highest BCUT2D eigenvalue weighted by atomic mass is 16.6. The number of amidine groups is 1. The molecule has 1 unspecified atom stereocenters. The lowest BCUT2D eigenvalue weighted by Crippen LogP contribution is -2.55. The Bertz CT molecular complexity index is 1370. The summed E-state index contributed by atoms with van der Waals surface area (Å²) in [4.78, 5) is 12.6. The second-order valence-electron chi connectivity index (χ2n) is 9.44. The molecule has 3 aromatic rings. The van der Waals surface area contributed by atoms with Crippen LogP contribution in [0.15, 0.2) is 78.0 Å². The van der Waals surface area contributed by atoms with E-state index >= 15 is 0 Å². The summed E-state index contributed by atoms with van der Waals surface area (Å²) in [6.07, 6.45) is 11.9. The van der Waals surface area contributed by atoms with Crippen LogP contribution in [0.3, 0.4) is 0 Å². The molecule has 1 aromatic heterocycles. The van der Waals surface area contributed by atoms with Gasteiger partial charge in [0, 0.05) is 42.1 Å². The molecule has 0 radical (unpaired) electrons. The van der Waals surface area contributed by atoms with Crippen LogP contribution >= 0.6 is 0 Å². The lowest BCUT2D eigenvalue weighted by molar-refractivity contribution is -0.00842. The molecule has 1 atom stereocenters. The van der Waals surface area contributed by atoms with Gasteiger partial charge in [-0.3, -0.25) is 0 Å². The van der Waals surface area contributed by atoms with E-state index in [4.69, 9.17) is 9.57 Å². The summed E-state index contributed by atoms with van der Waals surface area (Å²) >= 11 is 0. The number of allylic oxidation sites excluding steroid dienone is 2. The Morgan fingerprint density at radius 3 is 2.82 bits per heavy atom. The van der Waals surface area contributed by atoms with Crippen molar-refractivity contribution >= 4 is 5.84 Å². The molecule has 6 heteroatoms. The van der Waals surface area contributed by atoms with E-state index in [0.717, 1.165) is 41.4 Å². The molecule has 6 rings (SSSR count). The Hall–Kier alpha value is -3.80. The molecule has 4 heterocycles. The summed E-state index contributed by atoms with van der Waals surface area (Å²) in [5, 5.41) is 4.53. The van der Waals surface area contributed by atoms with E-state index in [9.17, 15) is 0 Å². The van der Waals surface area contributed by atoms with Crippen molar-refractivity contribution in [2.45, 2.75) is 39.2 Å². The summed E-state index contributed by atoms with van der Waals surface area (Å²) in [6.45, 7) is 7.41. The van der Waals surface area contributed by atoms with Crippen molar-refractivity contribution in [3.8, 4) is 11.4 Å². The number of oxime groups is 1. The highest BCUT2D eigenvalue weighted by Gasteiger charge is 2.48. The molecule has 0 aliphatic carbocycles. The second kappa shape index (κ2) is 7.90. The zero-order valence-electron chi connectivity index (χ0n) is 19.8. The summed E-state index contributed by atoms with van der Waals surface area (Å²) < 4.78 is 8.10. The molecule has 0 amide bonds. The standard InChI is InChI=1S/C28H28N4O2/c1-19-6-8-24-26(13-19)33-12-10-28(24)17-34-30-27-23(5-4-11-32(27)28)15-22-7-9-25(20(2)14-22)31-16-21(3)29-18-31/h4-9,11,13-14,16,18H,10,12,15,17H2,1-3H3. The lowest BCUT2D eigenvalue weighted by atomic mass is 9.81. The van der Waals surface area contributed by atoms with Gasteiger partial charge in [-0.2, -0.15) is 0 Å². The maximum Gasteiger partial charge on any atom is 0.176 e. The summed E-state index contributed by atoms with van der Waals surface area (Å²) in [5.41, 5.74) is 7.81. The van der Waals surface area contributed by atoms with Gasteiger partial charge in [0.15, 0.2) is 5.84 Å². The Kier molecular flexibility index (Phi) is 4.83. The van der Waals surface area contributed by atoms with Gasteiger partial charge in [0.1, 0.15) is 17.9 Å². The third-order valence-electron chi connectivity index (χ3n) is 7.02. The molecule has 0 saturated heterocycles. The van der Waals surface area contributed by atoms with Crippen molar-refractivity contribution in [3.63, 3.8) is 0 Å². The first-order chi connectivity index (χ1) is 16.5. The average Bonchev–Trinajstić information content (AvgIpc) is 3.26. The van der Waals surface area contributed by atoms with Crippen LogP contribution < -0.4 is 4.74 Å². The fraction of sp³-hybridized carbons (Fsp3) is 0.286. The molecule has 34 heavy (non-hydrogen) atoms. The number of aromatic nitrogens is 2. The lowest BCUT2D eigenvalue weighted by Gasteiger charge is -2.48. The Balaban J connectivity index is 1.31. The van der Waals surface area contributed by atoms with Crippen LogP contribution in [0.2, 0.25) is 0 Å². The van der Waals surface area contributed by atoms with Crippen LogP contribution in [0.5, 0.6) is 5.75 Å². The summed E-state index contributed by atoms with van der Waals surface area (Å²) in [5.74, 6) is 1.83. The molecule has 1 spiro atoms. The van der Waals surface area contributed by atoms with E-state index in [1.807, 2.05) is 13.3 Å². The predicted molar refractivity (Wildman–Crippen MR) is 132 cm³/mol. The quantitative estimate of drug-likeness (QED) is 0.554. The van der Waals surface area contributed by atoms with Gasteiger partial charge >= 0.3 is 0 Å². The molecule has 2 aromatic carbocycles. The first-order valence-electron chi connectivity index (χ1n) is 11.7. The molecule has 3 aliphatic rings. The van der Waals surface area contributed by atoms with Crippen LogP contribution in [-0.4, -0.2) is 33.5 Å². The van der Waals surface area contributed by atoms with E-state index in [-0.39, 0.29) is 5.54 Å². The smallest absolute Gasteiger partial charge is 0.176 e. The maximum atomic E-state index is 6.03. The number of ether oxygens (including phenoxy) is 1. The molecule has 0 fully saturated rings. The molecular formula is C28H28N4O2. The van der Waals surface area contributed by atoms with Gasteiger partial charge in [0.05, 0.1) is 18.6 Å². The molecule has 6 nitrogen and oxygen atoms in total. The number of nitrogens with zero attached hydrogens (tertiary/aromatic N) is 4. The van der Waals surface area contributed by atoms with E-state index in [2.05, 4.69) is 94.4 Å². The molecule has 0 N–H and O–H groups in total. The minimum absolute atomic E-state index is 0.312. The minimum Gasteiger partial charge on any atom is -0.493 e. The van der Waals surface area contributed by atoms with Crippen LogP contribution in [0.1, 0.15) is 34.4 Å². The van der Waals surface area contributed by atoms with Gasteiger partial charge in [0.25, 0.3) is 0 Å². The van der Waals surface area contributed by atoms with E-state index in [1.165, 1.54) is 22.3 Å². The van der Waals surface area contributed by atoms with Crippen molar-refractivity contribution in [1.82, 2.24) is 14.5 Å². The topological polar surface area (TPSA) is 51.9 Å². The molecule has 0 bridgehead atoms. The van der Waals surface area contributed by atoms with Gasteiger partial charge < -0.3 is 19.0 Å². The Morgan fingerprint density at radius 2 is 2.00 bits per heavy atom. The SMILES string of the molecule is Cc1ccc2c(c1)OCCC21CON=C2C(Cc3ccc(-n4cnc(C)c4)c(C)c3)=CC=CN21. The third-order valence-corrected chi connectivity index (χ3v) is 7.02. The highest BCUT2D eigenvalue weighted by molar-refractivity contribution is 6.01. The number of imidazole rings is 1. The van der Waals surface area contributed by atoms with Gasteiger partial charge in [-0.15, -0.1) is 0 Å². The Labute approximate surface area is 199 Å². The van der Waals surface area contributed by atoms with Crippen molar-refractivity contribution < 1.29 is 9.57 Å². The fourth-order valence-electron chi connectivity index (χ4n) is 5.29. The zero-order valence-corrected chi connectivity index (χ0v) is 19.8. The first kappa shape index (κ1) is 20.8. The van der Waals surface area contributed by atoms with Crippen LogP contribution in [-0.2, 0) is 16.8 Å².